The number of carbonyl (C=O) groups is 1. The third-order valence-corrected chi connectivity index (χ3v) is 2.49. The molecule has 0 spiro atoms. The minimum Gasteiger partial charge on any atom is -0.465 e. The summed E-state index contributed by atoms with van der Waals surface area (Å²) in [6.45, 7) is 0. The Morgan fingerprint density at radius 2 is 2.25 bits per heavy atom. The lowest BCUT2D eigenvalue weighted by Gasteiger charge is -2.03. The van der Waals surface area contributed by atoms with Crippen LogP contribution in [0.25, 0.3) is 0 Å². The van der Waals surface area contributed by atoms with Gasteiger partial charge < -0.3 is 4.74 Å². The number of hydrogen-bond donors (Lipinski definition) is 0. The SMILES string of the molecule is COC(=O)c1ccc(Br)c(C#N)c1[N+](=O)[O-]. The summed E-state index contributed by atoms with van der Waals surface area (Å²) in [5.41, 5.74) is -0.996. The van der Waals surface area contributed by atoms with E-state index in [2.05, 4.69) is 20.7 Å². The fraction of sp³-hybridized carbons (Fsp3) is 0.111. The topological polar surface area (TPSA) is 93.2 Å². The van der Waals surface area contributed by atoms with Crippen LogP contribution in [-0.2, 0) is 4.74 Å². The van der Waals surface area contributed by atoms with Crippen LogP contribution < -0.4 is 0 Å². The fourth-order valence-electron chi connectivity index (χ4n) is 1.14. The molecule has 6 nitrogen and oxygen atoms in total. The molecule has 1 aromatic rings. The molecular formula is C9H5BrN2O4. The van der Waals surface area contributed by atoms with Crippen LogP contribution in [-0.4, -0.2) is 18.0 Å². The maximum atomic E-state index is 11.3. The van der Waals surface area contributed by atoms with Crippen molar-refractivity contribution >= 4 is 27.6 Å². The van der Waals surface area contributed by atoms with E-state index in [9.17, 15) is 14.9 Å². The number of nitro benzene ring substituents is 1. The zero-order valence-electron chi connectivity index (χ0n) is 8.06. The molecule has 0 atom stereocenters. The lowest BCUT2D eigenvalue weighted by Crippen LogP contribution is -2.07. The highest BCUT2D eigenvalue weighted by molar-refractivity contribution is 9.10. The van der Waals surface area contributed by atoms with Crippen LogP contribution in [0.3, 0.4) is 0 Å². The number of halogens is 1. The molecule has 7 heteroatoms. The number of carbonyl (C=O) groups excluding carboxylic acids is 1. The Bertz CT molecular complexity index is 507. The summed E-state index contributed by atoms with van der Waals surface area (Å²) in [5, 5.41) is 19.6. The van der Waals surface area contributed by atoms with Crippen LogP contribution in [0, 0.1) is 21.4 Å². The Labute approximate surface area is 98.7 Å². The molecule has 0 aliphatic heterocycles. The van der Waals surface area contributed by atoms with Gasteiger partial charge in [0.25, 0.3) is 0 Å². The van der Waals surface area contributed by atoms with E-state index in [0.29, 0.717) is 0 Å². The first-order valence-electron chi connectivity index (χ1n) is 3.98. The second-order valence-corrected chi connectivity index (χ2v) is 3.53. The monoisotopic (exact) mass is 284 g/mol. The van der Waals surface area contributed by atoms with Crippen molar-refractivity contribution < 1.29 is 14.5 Å². The maximum absolute atomic E-state index is 11.3. The van der Waals surface area contributed by atoms with E-state index in [-0.39, 0.29) is 15.6 Å². The van der Waals surface area contributed by atoms with E-state index in [1.807, 2.05) is 0 Å². The number of nitro groups is 1. The van der Waals surface area contributed by atoms with Gasteiger partial charge in [-0.15, -0.1) is 0 Å². The van der Waals surface area contributed by atoms with Gasteiger partial charge in [0.15, 0.2) is 0 Å². The minimum absolute atomic E-state index is 0.201. The smallest absolute Gasteiger partial charge is 0.344 e. The van der Waals surface area contributed by atoms with Crippen LogP contribution in [0.1, 0.15) is 15.9 Å². The normalized spacial score (nSPS) is 9.31. The maximum Gasteiger partial charge on any atom is 0.344 e. The van der Waals surface area contributed by atoms with Crippen molar-refractivity contribution in [3.8, 4) is 6.07 Å². The Kier molecular flexibility index (Phi) is 3.58. The standard InChI is InChI=1S/C9H5BrN2O4/c1-16-9(13)5-2-3-7(10)6(4-11)8(5)12(14)15/h2-3H,1H3. The average molecular weight is 285 g/mol. The minimum atomic E-state index is -0.851. The predicted molar refractivity (Wildman–Crippen MR) is 56.9 cm³/mol. The van der Waals surface area contributed by atoms with Gasteiger partial charge in [-0.3, -0.25) is 10.1 Å². The Morgan fingerprint density at radius 1 is 1.62 bits per heavy atom. The average Bonchev–Trinajstić information content (AvgIpc) is 2.27. The highest BCUT2D eigenvalue weighted by atomic mass is 79.9. The molecule has 1 rings (SSSR count). The van der Waals surface area contributed by atoms with Crippen LogP contribution in [0.2, 0.25) is 0 Å². The number of nitrogens with zero attached hydrogens (tertiary/aromatic N) is 2. The molecule has 0 saturated carbocycles. The van der Waals surface area contributed by atoms with Crippen LogP contribution in [0.5, 0.6) is 0 Å². The summed E-state index contributed by atoms with van der Waals surface area (Å²) in [7, 11) is 1.11. The van der Waals surface area contributed by atoms with Gasteiger partial charge in [-0.05, 0) is 28.1 Å². The molecule has 0 bridgehead atoms. The largest absolute Gasteiger partial charge is 0.465 e. The summed E-state index contributed by atoms with van der Waals surface area (Å²) >= 11 is 3.00. The summed E-state index contributed by atoms with van der Waals surface area (Å²) < 4.78 is 4.66. The fourth-order valence-corrected chi connectivity index (χ4v) is 1.55. The number of hydrogen-bond acceptors (Lipinski definition) is 5. The van der Waals surface area contributed by atoms with E-state index in [1.165, 1.54) is 12.1 Å². The molecular weight excluding hydrogens is 280 g/mol. The van der Waals surface area contributed by atoms with Gasteiger partial charge in [0.2, 0.25) is 0 Å². The van der Waals surface area contributed by atoms with Crippen LogP contribution in [0.15, 0.2) is 16.6 Å². The summed E-state index contributed by atoms with van der Waals surface area (Å²) in [6.07, 6.45) is 0. The zero-order chi connectivity index (χ0) is 12.3. The van der Waals surface area contributed by atoms with Crippen molar-refractivity contribution in [2.75, 3.05) is 7.11 Å². The predicted octanol–water partition coefficient (Wildman–Crippen LogP) is 2.02. The van der Waals surface area contributed by atoms with Gasteiger partial charge in [-0.1, -0.05) is 0 Å². The molecule has 0 aliphatic rings. The second kappa shape index (κ2) is 4.72. The van der Waals surface area contributed by atoms with Crippen LogP contribution >= 0.6 is 15.9 Å². The molecule has 82 valence electrons. The van der Waals surface area contributed by atoms with E-state index < -0.39 is 16.6 Å². The number of rotatable bonds is 2. The van der Waals surface area contributed by atoms with Crippen molar-refractivity contribution in [1.82, 2.24) is 0 Å². The molecule has 0 amide bonds. The molecule has 0 heterocycles. The summed E-state index contributed by atoms with van der Waals surface area (Å²) in [6, 6.07) is 4.29. The molecule has 0 aromatic heterocycles. The third-order valence-electron chi connectivity index (χ3n) is 1.83. The van der Waals surface area contributed by atoms with Crippen molar-refractivity contribution in [1.29, 1.82) is 5.26 Å². The van der Waals surface area contributed by atoms with Crippen molar-refractivity contribution in [2.45, 2.75) is 0 Å². The molecule has 16 heavy (non-hydrogen) atoms. The van der Waals surface area contributed by atoms with Crippen LogP contribution in [0.4, 0.5) is 5.69 Å². The van der Waals surface area contributed by atoms with Gasteiger partial charge in [0.05, 0.1) is 12.0 Å². The Morgan fingerprint density at radius 3 is 2.69 bits per heavy atom. The quantitative estimate of drug-likeness (QED) is 0.470. The zero-order valence-corrected chi connectivity index (χ0v) is 9.65. The van der Waals surface area contributed by atoms with E-state index >= 15 is 0 Å². The molecule has 0 N–H and O–H groups in total. The molecule has 0 unspecified atom stereocenters. The Balaban J connectivity index is 3.59. The van der Waals surface area contributed by atoms with Crippen molar-refractivity contribution in [2.24, 2.45) is 0 Å². The van der Waals surface area contributed by atoms with E-state index in [4.69, 9.17) is 5.26 Å². The molecule has 0 fully saturated rings. The second-order valence-electron chi connectivity index (χ2n) is 2.68. The number of nitriles is 1. The van der Waals surface area contributed by atoms with Gasteiger partial charge in [-0.25, -0.2) is 4.79 Å². The molecule has 0 radical (unpaired) electrons. The van der Waals surface area contributed by atoms with Crippen molar-refractivity contribution in [3.05, 3.63) is 37.8 Å². The third kappa shape index (κ3) is 2.01. The van der Waals surface area contributed by atoms with Gasteiger partial charge in [0, 0.05) is 4.47 Å². The molecule has 1 aromatic carbocycles. The first-order chi connectivity index (χ1) is 7.52. The highest BCUT2D eigenvalue weighted by Crippen LogP contribution is 2.30. The first-order valence-corrected chi connectivity index (χ1v) is 4.77. The number of esters is 1. The summed E-state index contributed by atoms with van der Waals surface area (Å²) in [4.78, 5) is 21.3. The number of methoxy groups -OCH3 is 1. The number of ether oxygens (including phenoxy) is 1. The summed E-state index contributed by atoms with van der Waals surface area (Å²) in [5.74, 6) is -0.851. The Hall–Kier alpha value is -1.94. The van der Waals surface area contributed by atoms with Crippen molar-refractivity contribution in [3.63, 3.8) is 0 Å². The van der Waals surface area contributed by atoms with E-state index in [1.54, 1.807) is 6.07 Å². The highest BCUT2D eigenvalue weighted by Gasteiger charge is 2.27. The van der Waals surface area contributed by atoms with E-state index in [0.717, 1.165) is 7.11 Å². The van der Waals surface area contributed by atoms with Gasteiger partial charge in [0.1, 0.15) is 17.2 Å². The lowest BCUT2D eigenvalue weighted by atomic mass is 10.1. The lowest BCUT2D eigenvalue weighted by molar-refractivity contribution is -0.385. The van der Waals surface area contributed by atoms with Gasteiger partial charge in [-0.2, -0.15) is 5.26 Å². The first kappa shape index (κ1) is 12.1. The number of benzene rings is 1. The molecule has 0 aliphatic carbocycles. The van der Waals surface area contributed by atoms with Gasteiger partial charge >= 0.3 is 11.7 Å². The molecule has 0 saturated heterocycles.